The van der Waals surface area contributed by atoms with Crippen LogP contribution in [0, 0.1) is 0 Å². The lowest BCUT2D eigenvalue weighted by Gasteiger charge is -2.20. The summed E-state index contributed by atoms with van der Waals surface area (Å²) in [6.07, 6.45) is 2.04. The van der Waals surface area contributed by atoms with Crippen molar-refractivity contribution < 1.29 is 9.47 Å². The van der Waals surface area contributed by atoms with Gasteiger partial charge in [0.25, 0.3) is 0 Å². The molecule has 3 nitrogen and oxygen atoms in total. The number of hydrogen-bond acceptors (Lipinski definition) is 3. The molecule has 0 bridgehead atoms. The molecule has 0 atom stereocenters. The Balaban J connectivity index is 3.15. The molecule has 0 rings (SSSR count). The predicted molar refractivity (Wildman–Crippen MR) is 73.5 cm³/mol. The Labute approximate surface area is 107 Å². The highest BCUT2D eigenvalue weighted by atomic mass is 16.5. The van der Waals surface area contributed by atoms with Crippen LogP contribution in [0.1, 0.15) is 54.4 Å². The van der Waals surface area contributed by atoms with Crippen molar-refractivity contribution >= 4 is 0 Å². The van der Waals surface area contributed by atoms with Gasteiger partial charge in [-0.3, -0.25) is 0 Å². The Morgan fingerprint density at radius 1 is 0.824 bits per heavy atom. The molecule has 0 aromatic carbocycles. The maximum Gasteiger partial charge on any atom is 0.0598 e. The second-order valence-electron chi connectivity index (χ2n) is 6.46. The van der Waals surface area contributed by atoms with Crippen LogP contribution in [0.5, 0.6) is 0 Å². The number of hydrogen-bond donors (Lipinski definition) is 1. The van der Waals surface area contributed by atoms with Crippen molar-refractivity contribution in [1.82, 2.24) is 5.32 Å². The molecule has 0 amide bonds. The lowest BCUT2D eigenvalue weighted by molar-refractivity contribution is -0.0139. The maximum atomic E-state index is 5.61. The SMILES string of the molecule is CC(C)(C)NCCCOCCCOC(C)(C)C. The summed E-state index contributed by atoms with van der Waals surface area (Å²) in [6, 6.07) is 0. The van der Waals surface area contributed by atoms with Gasteiger partial charge in [0.15, 0.2) is 0 Å². The van der Waals surface area contributed by atoms with Crippen LogP contribution in [0.15, 0.2) is 0 Å². The average Bonchev–Trinajstić information content (AvgIpc) is 2.11. The fourth-order valence-electron chi connectivity index (χ4n) is 1.28. The topological polar surface area (TPSA) is 30.5 Å². The van der Waals surface area contributed by atoms with Gasteiger partial charge < -0.3 is 14.8 Å². The Bertz CT molecular complexity index is 160. The number of nitrogens with one attached hydrogen (secondary N) is 1. The van der Waals surface area contributed by atoms with Gasteiger partial charge >= 0.3 is 0 Å². The second kappa shape index (κ2) is 8.06. The minimum atomic E-state index is -0.0311. The molecule has 1 N–H and O–H groups in total. The third-order valence-electron chi connectivity index (χ3n) is 2.09. The molecular formula is C14H31NO2. The van der Waals surface area contributed by atoms with Crippen LogP contribution in [0.3, 0.4) is 0 Å². The zero-order valence-corrected chi connectivity index (χ0v) is 12.6. The minimum Gasteiger partial charge on any atom is -0.381 e. The van der Waals surface area contributed by atoms with Crippen LogP contribution in [0.25, 0.3) is 0 Å². The van der Waals surface area contributed by atoms with E-state index in [1.807, 2.05) is 0 Å². The van der Waals surface area contributed by atoms with Gasteiger partial charge in [-0.2, -0.15) is 0 Å². The largest absolute Gasteiger partial charge is 0.381 e. The first kappa shape index (κ1) is 16.9. The first-order chi connectivity index (χ1) is 7.71. The maximum absolute atomic E-state index is 5.61. The molecule has 104 valence electrons. The predicted octanol–water partition coefficient (Wildman–Crippen LogP) is 2.99. The number of rotatable bonds is 8. The summed E-state index contributed by atoms with van der Waals surface area (Å²) in [5.41, 5.74) is 0.178. The molecule has 0 aromatic heterocycles. The van der Waals surface area contributed by atoms with Crippen LogP contribution >= 0.6 is 0 Å². The molecule has 0 unspecified atom stereocenters. The van der Waals surface area contributed by atoms with Crippen molar-refractivity contribution in [3.05, 3.63) is 0 Å². The molecule has 0 saturated carbocycles. The summed E-state index contributed by atoms with van der Waals surface area (Å²) in [7, 11) is 0. The van der Waals surface area contributed by atoms with Crippen molar-refractivity contribution in [2.45, 2.75) is 65.5 Å². The van der Waals surface area contributed by atoms with E-state index in [9.17, 15) is 0 Å². The molecule has 0 spiro atoms. The van der Waals surface area contributed by atoms with Gasteiger partial charge in [0, 0.05) is 25.4 Å². The van der Waals surface area contributed by atoms with Gasteiger partial charge in [-0.05, 0) is 60.9 Å². The smallest absolute Gasteiger partial charge is 0.0598 e. The fourth-order valence-corrected chi connectivity index (χ4v) is 1.28. The first-order valence-electron chi connectivity index (χ1n) is 6.67. The van der Waals surface area contributed by atoms with Gasteiger partial charge in [-0.15, -0.1) is 0 Å². The summed E-state index contributed by atoms with van der Waals surface area (Å²) < 4.78 is 11.2. The Kier molecular flexibility index (Phi) is 8.01. The quantitative estimate of drug-likeness (QED) is 0.667. The molecule has 17 heavy (non-hydrogen) atoms. The van der Waals surface area contributed by atoms with E-state index in [0.717, 1.165) is 39.2 Å². The van der Waals surface area contributed by atoms with Crippen molar-refractivity contribution in [3.63, 3.8) is 0 Å². The molecule has 0 aliphatic heterocycles. The van der Waals surface area contributed by atoms with E-state index in [-0.39, 0.29) is 11.1 Å². The van der Waals surface area contributed by atoms with E-state index in [4.69, 9.17) is 9.47 Å². The molecular weight excluding hydrogens is 214 g/mol. The van der Waals surface area contributed by atoms with E-state index in [1.165, 1.54) is 0 Å². The first-order valence-corrected chi connectivity index (χ1v) is 6.67. The molecule has 0 saturated heterocycles. The van der Waals surface area contributed by atoms with E-state index in [2.05, 4.69) is 46.9 Å². The Morgan fingerprint density at radius 3 is 1.94 bits per heavy atom. The molecule has 0 aliphatic rings. The molecule has 0 heterocycles. The lowest BCUT2D eigenvalue weighted by Crippen LogP contribution is -2.36. The van der Waals surface area contributed by atoms with Gasteiger partial charge in [-0.25, -0.2) is 0 Å². The highest BCUT2D eigenvalue weighted by Gasteiger charge is 2.09. The lowest BCUT2D eigenvalue weighted by atomic mass is 10.1. The monoisotopic (exact) mass is 245 g/mol. The highest BCUT2D eigenvalue weighted by Crippen LogP contribution is 2.06. The summed E-state index contributed by atoms with van der Waals surface area (Å²) in [6.45, 7) is 16.2. The Morgan fingerprint density at radius 2 is 1.41 bits per heavy atom. The summed E-state index contributed by atoms with van der Waals surface area (Å²) >= 11 is 0. The third kappa shape index (κ3) is 15.9. The molecule has 0 fully saturated rings. The van der Waals surface area contributed by atoms with Crippen LogP contribution in [0.2, 0.25) is 0 Å². The third-order valence-corrected chi connectivity index (χ3v) is 2.09. The molecule has 0 aliphatic carbocycles. The van der Waals surface area contributed by atoms with Crippen LogP contribution in [-0.2, 0) is 9.47 Å². The van der Waals surface area contributed by atoms with E-state index in [1.54, 1.807) is 0 Å². The molecule has 3 heteroatoms. The molecule has 0 radical (unpaired) electrons. The zero-order valence-electron chi connectivity index (χ0n) is 12.6. The number of ether oxygens (including phenoxy) is 2. The Hall–Kier alpha value is -0.120. The highest BCUT2D eigenvalue weighted by molar-refractivity contribution is 4.69. The zero-order chi connectivity index (χ0) is 13.4. The van der Waals surface area contributed by atoms with E-state index < -0.39 is 0 Å². The standard InChI is InChI=1S/C14H31NO2/c1-13(2,3)15-9-7-10-16-11-8-12-17-14(4,5)6/h15H,7-12H2,1-6H3. The summed E-state index contributed by atoms with van der Waals surface area (Å²) in [5.74, 6) is 0. The van der Waals surface area contributed by atoms with Crippen molar-refractivity contribution in [3.8, 4) is 0 Å². The average molecular weight is 245 g/mol. The van der Waals surface area contributed by atoms with Crippen LogP contribution in [0.4, 0.5) is 0 Å². The summed E-state index contributed by atoms with van der Waals surface area (Å²) in [5, 5.41) is 3.44. The van der Waals surface area contributed by atoms with Crippen molar-refractivity contribution in [2.75, 3.05) is 26.4 Å². The van der Waals surface area contributed by atoms with Gasteiger partial charge in [0.1, 0.15) is 0 Å². The van der Waals surface area contributed by atoms with E-state index >= 15 is 0 Å². The normalized spacial score (nSPS) is 13.1. The van der Waals surface area contributed by atoms with Gasteiger partial charge in [-0.1, -0.05) is 0 Å². The second-order valence-corrected chi connectivity index (χ2v) is 6.46. The fraction of sp³-hybridized carbons (Fsp3) is 1.00. The molecule has 0 aromatic rings. The van der Waals surface area contributed by atoms with E-state index in [0.29, 0.717) is 0 Å². The van der Waals surface area contributed by atoms with Crippen LogP contribution < -0.4 is 5.32 Å². The van der Waals surface area contributed by atoms with Gasteiger partial charge in [0.05, 0.1) is 5.60 Å². The van der Waals surface area contributed by atoms with Gasteiger partial charge in [0.2, 0.25) is 0 Å². The summed E-state index contributed by atoms with van der Waals surface area (Å²) in [4.78, 5) is 0. The minimum absolute atomic E-state index is 0.0311. The van der Waals surface area contributed by atoms with Crippen LogP contribution in [-0.4, -0.2) is 37.5 Å². The van der Waals surface area contributed by atoms with Crippen molar-refractivity contribution in [1.29, 1.82) is 0 Å². The van der Waals surface area contributed by atoms with Crippen molar-refractivity contribution in [2.24, 2.45) is 0 Å².